The SMILES string of the molecule is CCNCc1cncc(-n2nc(CC)nc2CC)c1. The highest BCUT2D eigenvalue weighted by Crippen LogP contribution is 2.12. The summed E-state index contributed by atoms with van der Waals surface area (Å²) in [6.45, 7) is 8.04. The Morgan fingerprint density at radius 3 is 2.68 bits per heavy atom. The lowest BCUT2D eigenvalue weighted by Crippen LogP contribution is -2.12. The van der Waals surface area contributed by atoms with Crippen molar-refractivity contribution in [3.8, 4) is 5.69 Å². The van der Waals surface area contributed by atoms with E-state index in [-0.39, 0.29) is 0 Å². The van der Waals surface area contributed by atoms with E-state index in [2.05, 4.69) is 47.2 Å². The average molecular weight is 259 g/mol. The third kappa shape index (κ3) is 3.17. The maximum atomic E-state index is 4.54. The molecule has 2 aromatic rings. The summed E-state index contributed by atoms with van der Waals surface area (Å²) >= 11 is 0. The lowest BCUT2D eigenvalue weighted by Gasteiger charge is -2.06. The van der Waals surface area contributed by atoms with Crippen molar-refractivity contribution < 1.29 is 0 Å². The first kappa shape index (κ1) is 13.7. The fourth-order valence-corrected chi connectivity index (χ4v) is 1.93. The second-order valence-corrected chi connectivity index (χ2v) is 4.39. The molecule has 0 aliphatic carbocycles. The van der Waals surface area contributed by atoms with Gasteiger partial charge in [0.15, 0.2) is 5.82 Å². The van der Waals surface area contributed by atoms with E-state index in [0.29, 0.717) is 0 Å². The van der Waals surface area contributed by atoms with Crippen molar-refractivity contribution in [1.29, 1.82) is 0 Å². The quantitative estimate of drug-likeness (QED) is 0.861. The number of pyridine rings is 1. The Bertz CT molecular complexity index is 532. The number of rotatable bonds is 6. The molecule has 5 nitrogen and oxygen atoms in total. The van der Waals surface area contributed by atoms with Gasteiger partial charge < -0.3 is 5.32 Å². The molecule has 0 saturated heterocycles. The Morgan fingerprint density at radius 2 is 2.00 bits per heavy atom. The zero-order valence-electron chi connectivity index (χ0n) is 11.8. The van der Waals surface area contributed by atoms with Crippen LogP contribution in [0.25, 0.3) is 5.69 Å². The Labute approximate surface area is 114 Å². The summed E-state index contributed by atoms with van der Waals surface area (Å²) in [5, 5.41) is 7.84. The van der Waals surface area contributed by atoms with Crippen LogP contribution in [0.4, 0.5) is 0 Å². The van der Waals surface area contributed by atoms with Crippen LogP contribution in [0.3, 0.4) is 0 Å². The van der Waals surface area contributed by atoms with Crippen LogP contribution in [0.1, 0.15) is 38.0 Å². The summed E-state index contributed by atoms with van der Waals surface area (Å²) in [5.74, 6) is 1.87. The van der Waals surface area contributed by atoms with E-state index in [1.54, 1.807) is 0 Å². The van der Waals surface area contributed by atoms with Crippen molar-refractivity contribution in [3.05, 3.63) is 35.7 Å². The van der Waals surface area contributed by atoms with Crippen LogP contribution in [0, 0.1) is 0 Å². The molecule has 5 heteroatoms. The van der Waals surface area contributed by atoms with Crippen molar-refractivity contribution in [2.24, 2.45) is 0 Å². The summed E-state index contributed by atoms with van der Waals surface area (Å²) in [5.41, 5.74) is 2.15. The van der Waals surface area contributed by atoms with Crippen molar-refractivity contribution in [3.63, 3.8) is 0 Å². The lowest BCUT2D eigenvalue weighted by molar-refractivity contribution is 0.720. The third-order valence-electron chi connectivity index (χ3n) is 2.95. The summed E-state index contributed by atoms with van der Waals surface area (Å²) < 4.78 is 1.90. The molecule has 2 aromatic heterocycles. The van der Waals surface area contributed by atoms with Crippen molar-refractivity contribution in [2.75, 3.05) is 6.54 Å². The molecular weight excluding hydrogens is 238 g/mol. The molecule has 19 heavy (non-hydrogen) atoms. The molecule has 0 unspecified atom stereocenters. The molecule has 0 bridgehead atoms. The van der Waals surface area contributed by atoms with E-state index >= 15 is 0 Å². The molecular formula is C14H21N5. The van der Waals surface area contributed by atoms with Gasteiger partial charge >= 0.3 is 0 Å². The van der Waals surface area contributed by atoms with Gasteiger partial charge in [-0.05, 0) is 18.2 Å². The van der Waals surface area contributed by atoms with Gasteiger partial charge in [0.2, 0.25) is 0 Å². The predicted molar refractivity (Wildman–Crippen MR) is 75.3 cm³/mol. The summed E-state index contributed by atoms with van der Waals surface area (Å²) in [4.78, 5) is 8.82. The van der Waals surface area contributed by atoms with Crippen LogP contribution in [-0.4, -0.2) is 26.3 Å². The summed E-state index contributed by atoms with van der Waals surface area (Å²) in [7, 11) is 0. The normalized spacial score (nSPS) is 10.9. The minimum absolute atomic E-state index is 0.828. The monoisotopic (exact) mass is 259 g/mol. The van der Waals surface area contributed by atoms with Crippen LogP contribution in [0.5, 0.6) is 0 Å². The van der Waals surface area contributed by atoms with Gasteiger partial charge in [-0.3, -0.25) is 4.98 Å². The third-order valence-corrected chi connectivity index (χ3v) is 2.95. The summed E-state index contributed by atoms with van der Waals surface area (Å²) in [6, 6.07) is 2.11. The highest BCUT2D eigenvalue weighted by molar-refractivity contribution is 5.32. The van der Waals surface area contributed by atoms with Crippen molar-refractivity contribution in [1.82, 2.24) is 25.1 Å². The zero-order valence-corrected chi connectivity index (χ0v) is 11.8. The first-order valence-electron chi connectivity index (χ1n) is 6.88. The molecule has 0 spiro atoms. The van der Waals surface area contributed by atoms with Crippen molar-refractivity contribution in [2.45, 2.75) is 40.2 Å². The first-order valence-corrected chi connectivity index (χ1v) is 6.88. The van der Waals surface area contributed by atoms with Gasteiger partial charge in [-0.2, -0.15) is 5.10 Å². The molecule has 0 saturated carbocycles. The number of aromatic nitrogens is 4. The minimum Gasteiger partial charge on any atom is -0.313 e. The molecule has 2 rings (SSSR count). The molecule has 0 aromatic carbocycles. The lowest BCUT2D eigenvalue weighted by atomic mass is 10.2. The molecule has 1 N–H and O–H groups in total. The fourth-order valence-electron chi connectivity index (χ4n) is 1.93. The van der Waals surface area contributed by atoms with Gasteiger partial charge in [0.25, 0.3) is 0 Å². The highest BCUT2D eigenvalue weighted by atomic mass is 15.4. The number of hydrogen-bond donors (Lipinski definition) is 1. The highest BCUT2D eigenvalue weighted by Gasteiger charge is 2.09. The van der Waals surface area contributed by atoms with E-state index in [4.69, 9.17) is 0 Å². The predicted octanol–water partition coefficient (Wildman–Crippen LogP) is 1.90. The van der Waals surface area contributed by atoms with Crippen LogP contribution in [0.15, 0.2) is 18.5 Å². The van der Waals surface area contributed by atoms with Gasteiger partial charge in [0.05, 0.1) is 11.9 Å². The van der Waals surface area contributed by atoms with E-state index in [1.165, 1.54) is 0 Å². The molecule has 0 radical (unpaired) electrons. The van der Waals surface area contributed by atoms with Gasteiger partial charge in [-0.15, -0.1) is 0 Å². The van der Waals surface area contributed by atoms with E-state index in [0.717, 1.165) is 48.8 Å². The minimum atomic E-state index is 0.828. The van der Waals surface area contributed by atoms with Crippen LogP contribution in [0.2, 0.25) is 0 Å². The van der Waals surface area contributed by atoms with Gasteiger partial charge in [-0.1, -0.05) is 20.8 Å². The zero-order chi connectivity index (χ0) is 13.7. The second kappa shape index (κ2) is 6.43. The van der Waals surface area contributed by atoms with Gasteiger partial charge in [-0.25, -0.2) is 9.67 Å². The van der Waals surface area contributed by atoms with Crippen molar-refractivity contribution >= 4 is 0 Å². The van der Waals surface area contributed by atoms with E-state index in [1.807, 2.05) is 17.1 Å². The Kier molecular flexibility index (Phi) is 4.63. The molecule has 102 valence electrons. The maximum absolute atomic E-state index is 4.54. The Balaban J connectivity index is 2.32. The fraction of sp³-hybridized carbons (Fsp3) is 0.500. The topological polar surface area (TPSA) is 55.6 Å². The van der Waals surface area contributed by atoms with Gasteiger partial charge in [0, 0.05) is 25.6 Å². The molecule has 0 fully saturated rings. The molecule has 2 heterocycles. The number of hydrogen-bond acceptors (Lipinski definition) is 4. The average Bonchev–Trinajstić information content (AvgIpc) is 2.89. The molecule has 0 atom stereocenters. The van der Waals surface area contributed by atoms with Crippen LogP contribution < -0.4 is 5.32 Å². The second-order valence-electron chi connectivity index (χ2n) is 4.39. The van der Waals surface area contributed by atoms with Crippen LogP contribution in [-0.2, 0) is 19.4 Å². The largest absolute Gasteiger partial charge is 0.313 e. The molecule has 0 aliphatic heterocycles. The number of nitrogens with zero attached hydrogens (tertiary/aromatic N) is 4. The molecule has 0 aliphatic rings. The smallest absolute Gasteiger partial charge is 0.151 e. The standard InChI is InChI=1S/C14H21N5/c1-4-13-17-14(5-2)19(18-13)12-7-11(8-15-6-3)9-16-10-12/h7,9-10,15H,4-6,8H2,1-3H3. The number of aryl methyl sites for hydroxylation is 2. The van der Waals surface area contributed by atoms with E-state index in [9.17, 15) is 0 Å². The Hall–Kier alpha value is -1.75. The maximum Gasteiger partial charge on any atom is 0.151 e. The first-order chi connectivity index (χ1) is 9.28. The van der Waals surface area contributed by atoms with Crippen LogP contribution >= 0.6 is 0 Å². The van der Waals surface area contributed by atoms with E-state index < -0.39 is 0 Å². The van der Waals surface area contributed by atoms with Gasteiger partial charge in [0.1, 0.15) is 5.82 Å². The Morgan fingerprint density at radius 1 is 1.16 bits per heavy atom. The summed E-state index contributed by atoms with van der Waals surface area (Å²) in [6.07, 6.45) is 5.44. The number of nitrogens with one attached hydrogen (secondary N) is 1. The molecule has 0 amide bonds.